The molecule has 1 aliphatic rings. The third-order valence-corrected chi connectivity index (χ3v) is 7.09. The average molecular weight is 632 g/mol. The van der Waals surface area contributed by atoms with Crippen LogP contribution in [0.15, 0.2) is 84.4 Å². The minimum Gasteiger partial charge on any atom is -0.490 e. The van der Waals surface area contributed by atoms with Gasteiger partial charge in [-0.05, 0) is 88.7 Å². The van der Waals surface area contributed by atoms with E-state index in [0.29, 0.717) is 36.0 Å². The number of benzene rings is 4. The van der Waals surface area contributed by atoms with Crippen molar-refractivity contribution in [1.82, 2.24) is 5.32 Å². The zero-order chi connectivity index (χ0) is 27.5. The molecule has 1 fully saturated rings. The van der Waals surface area contributed by atoms with E-state index in [2.05, 4.69) is 46.1 Å². The summed E-state index contributed by atoms with van der Waals surface area (Å²) in [4.78, 5) is 39.4. The number of carbonyl (C=O) groups is 3. The highest BCUT2D eigenvalue weighted by atomic mass is 127. The lowest BCUT2D eigenvalue weighted by Gasteiger charge is -2.26. The Kier molecular flexibility index (Phi) is 7.65. The maximum absolute atomic E-state index is 13.3. The van der Waals surface area contributed by atoms with Gasteiger partial charge in [0.25, 0.3) is 11.8 Å². The molecule has 4 amide bonds. The summed E-state index contributed by atoms with van der Waals surface area (Å²) in [6.45, 7) is 4.52. The number of imide groups is 2. The van der Waals surface area contributed by atoms with Crippen LogP contribution in [0.1, 0.15) is 23.6 Å². The van der Waals surface area contributed by atoms with E-state index in [0.717, 1.165) is 30.4 Å². The van der Waals surface area contributed by atoms with Crippen LogP contribution in [0.3, 0.4) is 0 Å². The van der Waals surface area contributed by atoms with Gasteiger partial charge in [0.15, 0.2) is 11.5 Å². The van der Waals surface area contributed by atoms with E-state index in [-0.39, 0.29) is 5.57 Å². The first-order valence-corrected chi connectivity index (χ1v) is 13.5. The summed E-state index contributed by atoms with van der Waals surface area (Å²) in [7, 11) is 0. The number of rotatable bonds is 7. The van der Waals surface area contributed by atoms with E-state index < -0.39 is 17.8 Å². The number of fused-ring (bicyclic) bond motifs is 1. The highest BCUT2D eigenvalue weighted by molar-refractivity contribution is 14.1. The number of anilines is 1. The largest absolute Gasteiger partial charge is 0.490 e. The van der Waals surface area contributed by atoms with Crippen molar-refractivity contribution in [2.24, 2.45) is 0 Å². The number of ether oxygens (including phenoxy) is 2. The Morgan fingerprint density at radius 3 is 2.44 bits per heavy atom. The lowest BCUT2D eigenvalue weighted by molar-refractivity contribution is -0.122. The standard InChI is InChI=1S/C31H25IN2O5/c1-3-38-27-17-20(15-25-29(35)33-31(37)34(30(25)36)23-13-11-19(2)12-14-23)16-26(32)28(27)39-18-22-9-6-8-21-7-4-5-10-24(21)22/h4-17H,3,18H2,1-2H3,(H,33,35,37)/b25-15+. The highest BCUT2D eigenvalue weighted by Gasteiger charge is 2.36. The second-order valence-corrected chi connectivity index (χ2v) is 10.1. The van der Waals surface area contributed by atoms with E-state index in [1.807, 2.05) is 44.2 Å². The molecule has 5 rings (SSSR count). The van der Waals surface area contributed by atoms with E-state index >= 15 is 0 Å². The van der Waals surface area contributed by atoms with Gasteiger partial charge in [-0.3, -0.25) is 14.9 Å². The minimum atomic E-state index is -0.784. The quantitative estimate of drug-likeness (QED) is 0.145. The van der Waals surface area contributed by atoms with Crippen LogP contribution in [-0.4, -0.2) is 24.5 Å². The Morgan fingerprint density at radius 2 is 1.67 bits per heavy atom. The molecule has 1 saturated heterocycles. The van der Waals surface area contributed by atoms with Crippen molar-refractivity contribution in [1.29, 1.82) is 0 Å². The topological polar surface area (TPSA) is 84.9 Å². The number of amides is 4. The van der Waals surface area contributed by atoms with Crippen LogP contribution >= 0.6 is 22.6 Å². The smallest absolute Gasteiger partial charge is 0.335 e. The van der Waals surface area contributed by atoms with Gasteiger partial charge in [-0.15, -0.1) is 0 Å². The first-order valence-electron chi connectivity index (χ1n) is 12.4. The molecule has 8 heteroatoms. The number of aryl methyl sites for hydroxylation is 1. The summed E-state index contributed by atoms with van der Waals surface area (Å²) in [5.74, 6) is -0.385. The van der Waals surface area contributed by atoms with Crippen molar-refractivity contribution in [3.8, 4) is 11.5 Å². The van der Waals surface area contributed by atoms with Crippen LogP contribution in [0.5, 0.6) is 11.5 Å². The molecule has 0 spiro atoms. The van der Waals surface area contributed by atoms with Gasteiger partial charge < -0.3 is 9.47 Å². The number of nitrogens with zero attached hydrogens (tertiary/aromatic N) is 1. The maximum Gasteiger partial charge on any atom is 0.335 e. The predicted molar refractivity (Wildman–Crippen MR) is 159 cm³/mol. The molecule has 0 aliphatic carbocycles. The Morgan fingerprint density at radius 1 is 0.923 bits per heavy atom. The number of carbonyl (C=O) groups excluding carboxylic acids is 3. The summed E-state index contributed by atoms with van der Waals surface area (Å²) in [6.07, 6.45) is 1.46. The van der Waals surface area contributed by atoms with Crippen molar-refractivity contribution in [2.45, 2.75) is 20.5 Å². The number of urea groups is 1. The van der Waals surface area contributed by atoms with Gasteiger partial charge in [0.05, 0.1) is 15.9 Å². The molecule has 7 nitrogen and oxygen atoms in total. The second-order valence-electron chi connectivity index (χ2n) is 8.98. The molecule has 196 valence electrons. The van der Waals surface area contributed by atoms with Crippen molar-refractivity contribution in [3.63, 3.8) is 0 Å². The third kappa shape index (κ3) is 5.51. The van der Waals surface area contributed by atoms with E-state index in [9.17, 15) is 14.4 Å². The van der Waals surface area contributed by atoms with Gasteiger partial charge >= 0.3 is 6.03 Å². The molecule has 1 aliphatic heterocycles. The highest BCUT2D eigenvalue weighted by Crippen LogP contribution is 2.36. The molecule has 1 heterocycles. The molecule has 0 bridgehead atoms. The SMILES string of the molecule is CCOc1cc(/C=C2\C(=O)NC(=O)N(c3ccc(C)cc3)C2=O)cc(I)c1OCc1cccc2ccccc12. The summed E-state index contributed by atoms with van der Waals surface area (Å²) >= 11 is 2.15. The molecule has 1 N–H and O–H groups in total. The van der Waals surface area contributed by atoms with Crippen LogP contribution < -0.4 is 19.7 Å². The zero-order valence-corrected chi connectivity index (χ0v) is 23.5. The van der Waals surface area contributed by atoms with Gasteiger partial charge in [-0.25, -0.2) is 9.69 Å². The average Bonchev–Trinajstić information content (AvgIpc) is 2.92. The Hall–Kier alpha value is -4.18. The number of nitrogens with one attached hydrogen (secondary N) is 1. The first-order chi connectivity index (χ1) is 18.9. The van der Waals surface area contributed by atoms with Crippen LogP contribution in [0, 0.1) is 10.5 Å². The number of hydrogen-bond donors (Lipinski definition) is 1. The molecular weight excluding hydrogens is 607 g/mol. The van der Waals surface area contributed by atoms with Crippen LogP contribution in [0.2, 0.25) is 0 Å². The molecule has 39 heavy (non-hydrogen) atoms. The van der Waals surface area contributed by atoms with E-state index in [1.54, 1.807) is 30.3 Å². The number of halogens is 1. The summed E-state index contributed by atoms with van der Waals surface area (Å²) < 4.78 is 12.9. The summed E-state index contributed by atoms with van der Waals surface area (Å²) in [5, 5.41) is 4.51. The van der Waals surface area contributed by atoms with E-state index in [4.69, 9.17) is 9.47 Å². The predicted octanol–water partition coefficient (Wildman–Crippen LogP) is 6.40. The van der Waals surface area contributed by atoms with Crippen LogP contribution in [-0.2, 0) is 16.2 Å². The zero-order valence-electron chi connectivity index (χ0n) is 21.4. The normalized spacial score (nSPS) is 14.6. The fourth-order valence-electron chi connectivity index (χ4n) is 4.40. The van der Waals surface area contributed by atoms with Crippen molar-refractivity contribution < 1.29 is 23.9 Å². The molecule has 4 aromatic rings. The van der Waals surface area contributed by atoms with Crippen LogP contribution in [0.25, 0.3) is 16.8 Å². The lowest BCUT2D eigenvalue weighted by atomic mass is 10.1. The maximum atomic E-state index is 13.3. The lowest BCUT2D eigenvalue weighted by Crippen LogP contribution is -2.54. The van der Waals surface area contributed by atoms with Gasteiger partial charge in [0, 0.05) is 0 Å². The number of barbiturate groups is 1. The minimum absolute atomic E-state index is 0.155. The van der Waals surface area contributed by atoms with Gasteiger partial charge in [-0.2, -0.15) is 0 Å². The fraction of sp³-hybridized carbons (Fsp3) is 0.129. The summed E-state index contributed by atoms with van der Waals surface area (Å²) in [5.41, 5.74) is 2.82. The van der Waals surface area contributed by atoms with Gasteiger partial charge in [0.1, 0.15) is 12.2 Å². The van der Waals surface area contributed by atoms with E-state index in [1.165, 1.54) is 6.08 Å². The molecule has 0 aromatic heterocycles. The molecule has 0 unspecified atom stereocenters. The Balaban J connectivity index is 1.46. The third-order valence-electron chi connectivity index (χ3n) is 6.29. The molecule has 0 atom stereocenters. The van der Waals surface area contributed by atoms with Crippen molar-refractivity contribution in [2.75, 3.05) is 11.5 Å². The van der Waals surface area contributed by atoms with Crippen molar-refractivity contribution in [3.05, 3.63) is 105 Å². The van der Waals surface area contributed by atoms with Crippen molar-refractivity contribution >= 4 is 63.0 Å². The van der Waals surface area contributed by atoms with Gasteiger partial charge in [0.2, 0.25) is 0 Å². The Labute approximate surface area is 239 Å². The molecule has 0 radical (unpaired) electrons. The molecular formula is C31H25IN2O5. The monoisotopic (exact) mass is 632 g/mol. The van der Waals surface area contributed by atoms with Gasteiger partial charge in [-0.1, -0.05) is 60.2 Å². The Bertz CT molecular complexity index is 1620. The molecule has 4 aromatic carbocycles. The van der Waals surface area contributed by atoms with Crippen LogP contribution in [0.4, 0.5) is 10.5 Å². The number of hydrogen-bond acceptors (Lipinski definition) is 5. The first kappa shape index (κ1) is 26.4. The fourth-order valence-corrected chi connectivity index (χ4v) is 5.18. The second kappa shape index (κ2) is 11.3. The summed E-state index contributed by atoms with van der Waals surface area (Å²) in [6, 6.07) is 23.9. The molecule has 0 saturated carbocycles.